The normalized spacial score (nSPS) is 47.7. The standard InChI is InChI=1S/C10H14O5/c1-5-4-7(12)6(11)2-3-8-9(15-8)10(13)14-5/h2-3,5-9,11-12H,4H2,1H3/b3-2-/t5-,6+,7-,8+,9-/m1/s1. The first-order valence-electron chi connectivity index (χ1n) is 4.98. The summed E-state index contributed by atoms with van der Waals surface area (Å²) < 4.78 is 10.1. The van der Waals surface area contributed by atoms with Crippen LogP contribution in [0, 0.1) is 0 Å². The van der Waals surface area contributed by atoms with Crippen molar-refractivity contribution >= 4 is 5.97 Å². The van der Waals surface area contributed by atoms with Gasteiger partial charge in [-0.15, -0.1) is 0 Å². The molecule has 2 aliphatic rings. The van der Waals surface area contributed by atoms with Gasteiger partial charge < -0.3 is 19.7 Å². The number of aliphatic hydroxyl groups is 2. The zero-order valence-corrected chi connectivity index (χ0v) is 8.37. The van der Waals surface area contributed by atoms with Gasteiger partial charge in [-0.25, -0.2) is 4.79 Å². The van der Waals surface area contributed by atoms with Crippen LogP contribution < -0.4 is 0 Å². The molecule has 1 saturated heterocycles. The van der Waals surface area contributed by atoms with Crippen LogP contribution in [0.3, 0.4) is 0 Å². The minimum atomic E-state index is -0.936. The number of ether oxygens (including phenoxy) is 2. The van der Waals surface area contributed by atoms with Gasteiger partial charge in [0, 0.05) is 6.42 Å². The van der Waals surface area contributed by atoms with Crippen LogP contribution in [0.5, 0.6) is 0 Å². The van der Waals surface area contributed by atoms with Crippen molar-refractivity contribution in [1.82, 2.24) is 0 Å². The van der Waals surface area contributed by atoms with Crippen LogP contribution in [0.4, 0.5) is 0 Å². The third kappa shape index (κ3) is 2.37. The number of rotatable bonds is 0. The number of aliphatic hydroxyl groups excluding tert-OH is 2. The maximum atomic E-state index is 11.3. The fourth-order valence-corrected chi connectivity index (χ4v) is 1.60. The van der Waals surface area contributed by atoms with Gasteiger partial charge in [-0.05, 0) is 6.92 Å². The van der Waals surface area contributed by atoms with Crippen molar-refractivity contribution < 1.29 is 24.5 Å². The number of epoxide rings is 1. The van der Waals surface area contributed by atoms with E-state index in [1.54, 1.807) is 13.0 Å². The summed E-state index contributed by atoms with van der Waals surface area (Å²) in [5.41, 5.74) is 0. The molecule has 0 saturated carbocycles. The van der Waals surface area contributed by atoms with Gasteiger partial charge >= 0.3 is 5.97 Å². The van der Waals surface area contributed by atoms with E-state index in [0.29, 0.717) is 0 Å². The lowest BCUT2D eigenvalue weighted by Crippen LogP contribution is -2.31. The van der Waals surface area contributed by atoms with Gasteiger partial charge in [0.15, 0.2) is 6.10 Å². The Labute approximate surface area is 87.3 Å². The number of hydrogen-bond acceptors (Lipinski definition) is 5. The summed E-state index contributed by atoms with van der Waals surface area (Å²) in [5, 5.41) is 19.0. The van der Waals surface area contributed by atoms with E-state index in [4.69, 9.17) is 9.47 Å². The van der Waals surface area contributed by atoms with E-state index in [9.17, 15) is 15.0 Å². The SMILES string of the molecule is C[C@@H]1C[C@@H](O)[C@@H](O)/C=C\[C@@H]2O[C@H]2C(=O)O1. The van der Waals surface area contributed by atoms with Gasteiger partial charge in [0.25, 0.3) is 0 Å². The van der Waals surface area contributed by atoms with Gasteiger partial charge in [0.2, 0.25) is 0 Å². The molecule has 5 nitrogen and oxygen atoms in total. The molecule has 15 heavy (non-hydrogen) atoms. The van der Waals surface area contributed by atoms with Gasteiger partial charge in [-0.1, -0.05) is 12.2 Å². The second kappa shape index (κ2) is 3.92. The molecular formula is C10H14O5. The predicted octanol–water partition coefficient (Wildman–Crippen LogP) is -0.633. The van der Waals surface area contributed by atoms with Crippen LogP contribution in [0.1, 0.15) is 13.3 Å². The van der Waals surface area contributed by atoms with Crippen LogP contribution in [-0.2, 0) is 14.3 Å². The highest BCUT2D eigenvalue weighted by Gasteiger charge is 2.45. The second-order valence-electron chi connectivity index (χ2n) is 3.95. The topological polar surface area (TPSA) is 79.3 Å². The van der Waals surface area contributed by atoms with Crippen LogP contribution in [-0.4, -0.2) is 46.7 Å². The van der Waals surface area contributed by atoms with Crippen molar-refractivity contribution in [2.24, 2.45) is 0 Å². The Balaban J connectivity index is 2.09. The highest BCUT2D eigenvalue weighted by Crippen LogP contribution is 2.27. The number of cyclic esters (lactones) is 1. The van der Waals surface area contributed by atoms with Gasteiger partial charge in [0.1, 0.15) is 12.2 Å². The van der Waals surface area contributed by atoms with Gasteiger partial charge in [0.05, 0.1) is 12.2 Å². The molecule has 5 heteroatoms. The number of fused-ring (bicyclic) bond motifs is 1. The summed E-state index contributed by atoms with van der Waals surface area (Å²) in [6, 6.07) is 0. The number of carbonyl (C=O) groups is 1. The van der Waals surface area contributed by atoms with E-state index in [0.717, 1.165) is 0 Å². The van der Waals surface area contributed by atoms with Gasteiger partial charge in [-0.2, -0.15) is 0 Å². The van der Waals surface area contributed by atoms with E-state index >= 15 is 0 Å². The summed E-state index contributed by atoms with van der Waals surface area (Å²) in [5.74, 6) is -0.402. The smallest absolute Gasteiger partial charge is 0.338 e. The van der Waals surface area contributed by atoms with Gasteiger partial charge in [-0.3, -0.25) is 0 Å². The predicted molar refractivity (Wildman–Crippen MR) is 50.0 cm³/mol. The molecular weight excluding hydrogens is 200 g/mol. The molecule has 0 bridgehead atoms. The van der Waals surface area contributed by atoms with Crippen molar-refractivity contribution in [3.63, 3.8) is 0 Å². The highest BCUT2D eigenvalue weighted by molar-refractivity contribution is 5.78. The van der Waals surface area contributed by atoms with E-state index in [2.05, 4.69) is 0 Å². The second-order valence-corrected chi connectivity index (χ2v) is 3.95. The Hall–Kier alpha value is -0.910. The molecule has 0 spiro atoms. The molecule has 0 aromatic rings. The Morgan fingerprint density at radius 3 is 2.87 bits per heavy atom. The van der Waals surface area contributed by atoms with Crippen LogP contribution in [0.15, 0.2) is 12.2 Å². The average Bonchev–Trinajstić information content (AvgIpc) is 2.91. The number of hydrogen-bond donors (Lipinski definition) is 2. The molecule has 0 radical (unpaired) electrons. The Kier molecular flexibility index (Phi) is 2.77. The first kappa shape index (κ1) is 10.6. The summed E-state index contributed by atoms with van der Waals surface area (Å²) in [6.45, 7) is 1.68. The maximum absolute atomic E-state index is 11.3. The zero-order chi connectivity index (χ0) is 11.0. The number of esters is 1. The molecule has 0 unspecified atom stereocenters. The monoisotopic (exact) mass is 214 g/mol. The average molecular weight is 214 g/mol. The largest absolute Gasteiger partial charge is 0.461 e. The Bertz CT molecular complexity index is 288. The minimum absolute atomic E-state index is 0.217. The molecule has 0 amide bonds. The molecule has 2 N–H and O–H groups in total. The van der Waals surface area contributed by atoms with E-state index in [1.807, 2.05) is 0 Å². The molecule has 0 aliphatic carbocycles. The zero-order valence-electron chi connectivity index (χ0n) is 8.37. The van der Waals surface area contributed by atoms with Crippen LogP contribution in [0.25, 0.3) is 0 Å². The first-order valence-corrected chi connectivity index (χ1v) is 4.98. The third-order valence-corrected chi connectivity index (χ3v) is 2.54. The lowest BCUT2D eigenvalue weighted by molar-refractivity contribution is -0.151. The van der Waals surface area contributed by atoms with Crippen molar-refractivity contribution in [2.45, 2.75) is 43.9 Å². The van der Waals surface area contributed by atoms with Crippen LogP contribution >= 0.6 is 0 Å². The molecule has 0 aromatic heterocycles. The lowest BCUT2D eigenvalue weighted by Gasteiger charge is -2.19. The molecule has 2 aliphatic heterocycles. The lowest BCUT2D eigenvalue weighted by atomic mass is 10.1. The molecule has 2 heterocycles. The molecule has 5 atom stereocenters. The fourth-order valence-electron chi connectivity index (χ4n) is 1.60. The third-order valence-electron chi connectivity index (χ3n) is 2.54. The van der Waals surface area contributed by atoms with Crippen molar-refractivity contribution in [3.8, 4) is 0 Å². The number of carbonyl (C=O) groups excluding carboxylic acids is 1. The Morgan fingerprint density at radius 1 is 1.40 bits per heavy atom. The quantitative estimate of drug-likeness (QED) is 0.319. The van der Waals surface area contributed by atoms with E-state index < -0.39 is 30.4 Å². The molecule has 0 aromatic carbocycles. The Morgan fingerprint density at radius 2 is 2.13 bits per heavy atom. The van der Waals surface area contributed by atoms with E-state index in [1.165, 1.54) is 6.08 Å². The molecule has 84 valence electrons. The minimum Gasteiger partial charge on any atom is -0.461 e. The summed E-state index contributed by atoms with van der Waals surface area (Å²) in [6.07, 6.45) is 0.133. The maximum Gasteiger partial charge on any atom is 0.338 e. The van der Waals surface area contributed by atoms with Crippen molar-refractivity contribution in [3.05, 3.63) is 12.2 Å². The molecule has 1 fully saturated rings. The van der Waals surface area contributed by atoms with E-state index in [-0.39, 0.29) is 12.5 Å². The summed E-state index contributed by atoms with van der Waals surface area (Å²) in [4.78, 5) is 11.3. The highest BCUT2D eigenvalue weighted by atomic mass is 16.6. The summed E-state index contributed by atoms with van der Waals surface area (Å²) in [7, 11) is 0. The first-order chi connectivity index (χ1) is 7.08. The fraction of sp³-hybridized carbons (Fsp3) is 0.700. The van der Waals surface area contributed by atoms with Crippen LogP contribution in [0.2, 0.25) is 0 Å². The van der Waals surface area contributed by atoms with Crippen molar-refractivity contribution in [1.29, 1.82) is 0 Å². The molecule has 2 rings (SSSR count). The summed E-state index contributed by atoms with van der Waals surface area (Å²) >= 11 is 0. The van der Waals surface area contributed by atoms with Crippen molar-refractivity contribution in [2.75, 3.05) is 0 Å².